The van der Waals surface area contributed by atoms with Crippen molar-refractivity contribution in [3.8, 4) is 5.75 Å². The SMILES string of the molecule is Cc1ccc(OCC(=O)NC(CF)C(=O)O)c(C)c1. The Morgan fingerprint density at radius 1 is 1.42 bits per heavy atom. The van der Waals surface area contributed by atoms with Gasteiger partial charge in [-0.05, 0) is 25.5 Å². The summed E-state index contributed by atoms with van der Waals surface area (Å²) in [5.74, 6) is -1.56. The quantitative estimate of drug-likeness (QED) is 0.814. The number of carboxylic acid groups (broad SMARTS) is 1. The number of amides is 1. The lowest BCUT2D eigenvalue weighted by atomic mass is 10.1. The van der Waals surface area contributed by atoms with E-state index in [4.69, 9.17) is 9.84 Å². The molecule has 5 nitrogen and oxygen atoms in total. The van der Waals surface area contributed by atoms with E-state index in [1.165, 1.54) is 0 Å². The van der Waals surface area contributed by atoms with Crippen LogP contribution in [0, 0.1) is 13.8 Å². The number of rotatable bonds is 6. The first kappa shape index (κ1) is 14.9. The molecule has 1 unspecified atom stereocenters. The molecule has 0 heterocycles. The molecule has 0 aliphatic rings. The Kier molecular flexibility index (Phi) is 5.29. The number of carbonyl (C=O) groups excluding carboxylic acids is 1. The van der Waals surface area contributed by atoms with Crippen LogP contribution in [0.4, 0.5) is 4.39 Å². The molecule has 0 bridgehead atoms. The van der Waals surface area contributed by atoms with E-state index in [-0.39, 0.29) is 6.61 Å². The average Bonchev–Trinajstić information content (AvgIpc) is 2.34. The first-order chi connectivity index (χ1) is 8.93. The van der Waals surface area contributed by atoms with Crippen molar-refractivity contribution in [2.45, 2.75) is 19.9 Å². The van der Waals surface area contributed by atoms with Crippen molar-refractivity contribution in [1.29, 1.82) is 0 Å². The second-order valence-electron chi connectivity index (χ2n) is 4.17. The number of aliphatic carboxylic acids is 1. The fourth-order valence-electron chi connectivity index (χ4n) is 1.51. The minimum Gasteiger partial charge on any atom is -0.484 e. The Bertz CT molecular complexity index is 476. The monoisotopic (exact) mass is 269 g/mol. The van der Waals surface area contributed by atoms with Gasteiger partial charge in [0.15, 0.2) is 12.6 Å². The predicted molar refractivity (Wildman–Crippen MR) is 67.0 cm³/mol. The molecule has 19 heavy (non-hydrogen) atoms. The second kappa shape index (κ2) is 6.72. The smallest absolute Gasteiger partial charge is 0.328 e. The zero-order chi connectivity index (χ0) is 14.4. The van der Waals surface area contributed by atoms with Crippen LogP contribution in [0.5, 0.6) is 5.75 Å². The summed E-state index contributed by atoms with van der Waals surface area (Å²) in [5, 5.41) is 10.6. The second-order valence-corrected chi connectivity index (χ2v) is 4.17. The number of nitrogens with one attached hydrogen (secondary N) is 1. The molecule has 0 aromatic heterocycles. The van der Waals surface area contributed by atoms with Gasteiger partial charge < -0.3 is 15.2 Å². The lowest BCUT2D eigenvalue weighted by Crippen LogP contribution is -2.44. The molecule has 0 fully saturated rings. The number of benzene rings is 1. The third kappa shape index (κ3) is 4.57. The van der Waals surface area contributed by atoms with Gasteiger partial charge in [-0.25, -0.2) is 9.18 Å². The number of halogens is 1. The van der Waals surface area contributed by atoms with Gasteiger partial charge >= 0.3 is 5.97 Å². The van der Waals surface area contributed by atoms with Crippen molar-refractivity contribution in [1.82, 2.24) is 5.32 Å². The summed E-state index contributed by atoms with van der Waals surface area (Å²) in [6, 6.07) is 3.92. The first-order valence-corrected chi connectivity index (χ1v) is 5.72. The molecular formula is C13H16FNO4. The van der Waals surface area contributed by atoms with Crippen molar-refractivity contribution in [3.05, 3.63) is 29.3 Å². The number of aryl methyl sites for hydroxylation is 2. The zero-order valence-electron chi connectivity index (χ0n) is 10.8. The molecule has 1 aromatic carbocycles. The van der Waals surface area contributed by atoms with Gasteiger partial charge in [-0.2, -0.15) is 0 Å². The standard InChI is InChI=1S/C13H16FNO4/c1-8-3-4-11(9(2)5-8)19-7-12(16)15-10(6-14)13(17)18/h3-5,10H,6-7H2,1-2H3,(H,15,16)(H,17,18). The molecule has 1 aromatic rings. The summed E-state index contributed by atoms with van der Waals surface area (Å²) in [6.07, 6.45) is 0. The van der Waals surface area contributed by atoms with Gasteiger partial charge in [0.1, 0.15) is 12.4 Å². The summed E-state index contributed by atoms with van der Waals surface area (Å²) in [5.41, 5.74) is 1.94. The van der Waals surface area contributed by atoms with Crippen molar-refractivity contribution in [2.24, 2.45) is 0 Å². The van der Waals surface area contributed by atoms with E-state index in [0.29, 0.717) is 5.75 Å². The Morgan fingerprint density at radius 3 is 2.63 bits per heavy atom. The van der Waals surface area contributed by atoms with Crippen LogP contribution in [0.3, 0.4) is 0 Å². The fraction of sp³-hybridized carbons (Fsp3) is 0.385. The maximum absolute atomic E-state index is 12.3. The van der Waals surface area contributed by atoms with E-state index in [9.17, 15) is 14.0 Å². The van der Waals surface area contributed by atoms with Gasteiger partial charge in [0.25, 0.3) is 5.91 Å². The highest BCUT2D eigenvalue weighted by Gasteiger charge is 2.19. The van der Waals surface area contributed by atoms with E-state index in [1.54, 1.807) is 6.07 Å². The van der Waals surface area contributed by atoms with Crippen LogP contribution < -0.4 is 10.1 Å². The molecule has 0 saturated carbocycles. The van der Waals surface area contributed by atoms with Crippen molar-refractivity contribution in [3.63, 3.8) is 0 Å². The highest BCUT2D eigenvalue weighted by molar-refractivity contribution is 5.84. The van der Waals surface area contributed by atoms with Crippen LogP contribution in [-0.2, 0) is 9.59 Å². The molecule has 0 radical (unpaired) electrons. The molecule has 0 saturated heterocycles. The molecule has 104 valence electrons. The predicted octanol–water partition coefficient (Wildman–Crippen LogP) is 1.22. The number of hydrogen-bond acceptors (Lipinski definition) is 3. The minimum atomic E-state index is -1.53. The molecule has 2 N–H and O–H groups in total. The molecule has 0 aliphatic heterocycles. The molecular weight excluding hydrogens is 253 g/mol. The van der Waals surface area contributed by atoms with Crippen LogP contribution in [0.15, 0.2) is 18.2 Å². The number of carboxylic acids is 1. The summed E-state index contributed by atoms with van der Waals surface area (Å²) < 4.78 is 17.6. The van der Waals surface area contributed by atoms with Gasteiger partial charge in [-0.15, -0.1) is 0 Å². The van der Waals surface area contributed by atoms with Crippen molar-refractivity contribution >= 4 is 11.9 Å². The summed E-state index contributed by atoms with van der Waals surface area (Å²) in [6.45, 7) is 2.25. The summed E-state index contributed by atoms with van der Waals surface area (Å²) in [7, 11) is 0. The maximum Gasteiger partial charge on any atom is 0.328 e. The molecule has 0 aliphatic carbocycles. The zero-order valence-corrected chi connectivity index (χ0v) is 10.8. The molecule has 1 rings (SSSR count). The topological polar surface area (TPSA) is 75.6 Å². The van der Waals surface area contributed by atoms with E-state index in [0.717, 1.165) is 11.1 Å². The third-order valence-electron chi connectivity index (χ3n) is 2.48. The highest BCUT2D eigenvalue weighted by atomic mass is 19.1. The van der Waals surface area contributed by atoms with E-state index in [2.05, 4.69) is 0 Å². The molecule has 0 spiro atoms. The Morgan fingerprint density at radius 2 is 2.11 bits per heavy atom. The normalized spacial score (nSPS) is 11.7. The largest absolute Gasteiger partial charge is 0.484 e. The van der Waals surface area contributed by atoms with Crippen molar-refractivity contribution < 1.29 is 23.8 Å². The average molecular weight is 269 g/mol. The number of hydrogen-bond donors (Lipinski definition) is 2. The van der Waals surface area contributed by atoms with Crippen LogP contribution in [0.25, 0.3) is 0 Å². The van der Waals surface area contributed by atoms with Gasteiger partial charge in [-0.3, -0.25) is 4.79 Å². The number of ether oxygens (including phenoxy) is 1. The van der Waals surface area contributed by atoms with Gasteiger partial charge in [0, 0.05) is 0 Å². The Balaban J connectivity index is 2.52. The van der Waals surface area contributed by atoms with Crippen LogP contribution in [0.2, 0.25) is 0 Å². The van der Waals surface area contributed by atoms with Gasteiger partial charge in [-0.1, -0.05) is 17.7 Å². The minimum absolute atomic E-state index is 0.353. The number of carbonyl (C=O) groups is 2. The van der Waals surface area contributed by atoms with Gasteiger partial charge in [0.05, 0.1) is 0 Å². The lowest BCUT2D eigenvalue weighted by Gasteiger charge is -2.12. The van der Waals surface area contributed by atoms with E-state index >= 15 is 0 Å². The third-order valence-corrected chi connectivity index (χ3v) is 2.48. The van der Waals surface area contributed by atoms with Gasteiger partial charge in [0.2, 0.25) is 0 Å². The van der Waals surface area contributed by atoms with Crippen LogP contribution >= 0.6 is 0 Å². The van der Waals surface area contributed by atoms with Crippen molar-refractivity contribution in [2.75, 3.05) is 13.3 Å². The van der Waals surface area contributed by atoms with Crippen LogP contribution in [0.1, 0.15) is 11.1 Å². The number of alkyl halides is 1. The molecule has 1 atom stereocenters. The Labute approximate surface area is 110 Å². The maximum atomic E-state index is 12.3. The molecule has 6 heteroatoms. The highest BCUT2D eigenvalue weighted by Crippen LogP contribution is 2.18. The van der Waals surface area contributed by atoms with Crippen LogP contribution in [-0.4, -0.2) is 36.3 Å². The molecule has 1 amide bonds. The summed E-state index contributed by atoms with van der Waals surface area (Å²) >= 11 is 0. The lowest BCUT2D eigenvalue weighted by molar-refractivity contribution is -0.142. The summed E-state index contributed by atoms with van der Waals surface area (Å²) in [4.78, 5) is 21.9. The van der Waals surface area contributed by atoms with E-state index < -0.39 is 24.6 Å². The fourth-order valence-corrected chi connectivity index (χ4v) is 1.51. The first-order valence-electron chi connectivity index (χ1n) is 5.72. The Hall–Kier alpha value is -2.11. The van der Waals surface area contributed by atoms with E-state index in [1.807, 2.05) is 31.3 Å².